The van der Waals surface area contributed by atoms with Crippen LogP contribution in [0.5, 0.6) is 0 Å². The van der Waals surface area contributed by atoms with E-state index < -0.39 is 0 Å². The minimum absolute atomic E-state index is 0.418. The van der Waals surface area contributed by atoms with Crippen LogP contribution in [0.15, 0.2) is 58.2 Å². The molecule has 0 saturated carbocycles. The van der Waals surface area contributed by atoms with E-state index in [-0.39, 0.29) is 0 Å². The molecule has 0 bridgehead atoms. The summed E-state index contributed by atoms with van der Waals surface area (Å²) in [5.74, 6) is 11.7. The van der Waals surface area contributed by atoms with E-state index in [1.54, 1.807) is 12.2 Å². The van der Waals surface area contributed by atoms with E-state index >= 15 is 0 Å². The van der Waals surface area contributed by atoms with E-state index in [1.165, 1.54) is 0 Å². The quantitative estimate of drug-likeness (QED) is 0.333. The molecule has 0 fully saturated rings. The average Bonchev–Trinajstić information content (AvgIpc) is 2.48. The van der Waals surface area contributed by atoms with Crippen LogP contribution in [0.3, 0.4) is 0 Å². The number of nitrogens with zero attached hydrogens (tertiary/aromatic N) is 2. The summed E-state index contributed by atoms with van der Waals surface area (Å²) in [4.78, 5) is 0. The first-order chi connectivity index (χ1) is 9.76. The maximum absolute atomic E-state index is 5.55. The Morgan fingerprint density at radius 3 is 1.60 bits per heavy atom. The topological polar surface area (TPSA) is 95.2 Å². The molecule has 6 heteroatoms. The summed E-state index contributed by atoms with van der Waals surface area (Å²) in [6, 6.07) is 0. The molecule has 0 aromatic carbocycles. The molecule has 0 atom stereocenters. The molecule has 20 heavy (non-hydrogen) atoms. The van der Waals surface area contributed by atoms with Gasteiger partial charge in [-0.1, -0.05) is 24.3 Å². The molecule has 0 spiro atoms. The standard InChI is InChI=1S/C14H20N4O2/c1-3-5-7-19-13-9-12(18-16)14(10-11(13)17-15)20-8-6-4-2/h3-6,9-10H,7-8,15-16H2,1-2H3. The molecule has 4 N–H and O–H groups in total. The van der Waals surface area contributed by atoms with E-state index in [0.717, 1.165) is 0 Å². The largest absolute Gasteiger partial charge is 0.487 e. The third-order valence-corrected chi connectivity index (χ3v) is 2.46. The second-order valence-electron chi connectivity index (χ2n) is 3.81. The lowest BCUT2D eigenvalue weighted by atomic mass is 10.1. The first kappa shape index (κ1) is 15.6. The summed E-state index contributed by atoms with van der Waals surface area (Å²) >= 11 is 0. The highest BCUT2D eigenvalue weighted by molar-refractivity contribution is 6.22. The van der Waals surface area contributed by atoms with Crippen molar-refractivity contribution in [2.75, 3.05) is 13.2 Å². The molecule has 108 valence electrons. The third-order valence-electron chi connectivity index (χ3n) is 2.46. The summed E-state index contributed by atoms with van der Waals surface area (Å²) in [6.45, 7) is 4.66. The maximum Gasteiger partial charge on any atom is 0.149 e. The third kappa shape index (κ3) is 4.31. The lowest BCUT2D eigenvalue weighted by molar-refractivity contribution is 0.260. The van der Waals surface area contributed by atoms with Crippen molar-refractivity contribution < 1.29 is 9.47 Å². The predicted molar refractivity (Wildman–Crippen MR) is 80.9 cm³/mol. The second-order valence-corrected chi connectivity index (χ2v) is 3.81. The molecule has 1 aliphatic carbocycles. The molecule has 0 heterocycles. The number of allylic oxidation sites excluding steroid dienone is 4. The van der Waals surface area contributed by atoms with Gasteiger partial charge < -0.3 is 21.2 Å². The Hall–Kier alpha value is -2.50. The van der Waals surface area contributed by atoms with Crippen molar-refractivity contribution in [1.82, 2.24) is 0 Å². The Morgan fingerprint density at radius 1 is 0.900 bits per heavy atom. The van der Waals surface area contributed by atoms with Crippen LogP contribution in [0.4, 0.5) is 0 Å². The van der Waals surface area contributed by atoms with E-state index in [9.17, 15) is 0 Å². The van der Waals surface area contributed by atoms with Gasteiger partial charge in [-0.15, -0.1) is 0 Å². The van der Waals surface area contributed by atoms with Crippen LogP contribution in [-0.4, -0.2) is 24.6 Å². The van der Waals surface area contributed by atoms with Gasteiger partial charge in [0.05, 0.1) is 0 Å². The van der Waals surface area contributed by atoms with E-state index in [2.05, 4.69) is 10.2 Å². The monoisotopic (exact) mass is 276 g/mol. The molecule has 0 saturated heterocycles. The van der Waals surface area contributed by atoms with Crippen molar-refractivity contribution in [1.29, 1.82) is 0 Å². The molecule has 6 nitrogen and oxygen atoms in total. The molecule has 0 radical (unpaired) electrons. The van der Waals surface area contributed by atoms with E-state index in [4.69, 9.17) is 21.2 Å². The van der Waals surface area contributed by atoms with Gasteiger partial charge in [-0.3, -0.25) is 0 Å². The van der Waals surface area contributed by atoms with Crippen LogP contribution in [-0.2, 0) is 9.47 Å². The number of hydrazone groups is 2. The molecule has 0 unspecified atom stereocenters. The van der Waals surface area contributed by atoms with Crippen molar-refractivity contribution in [2.24, 2.45) is 21.9 Å². The SMILES string of the molecule is CC=CCOC1=CC(=NN)C(OCC=CC)=CC1=NN. The Bertz CT molecular complexity index is 453. The first-order valence-electron chi connectivity index (χ1n) is 6.24. The molecule has 0 aromatic heterocycles. The smallest absolute Gasteiger partial charge is 0.149 e. The van der Waals surface area contributed by atoms with Gasteiger partial charge in [0.25, 0.3) is 0 Å². The highest BCUT2D eigenvalue weighted by Gasteiger charge is 2.19. The highest BCUT2D eigenvalue weighted by Crippen LogP contribution is 2.16. The normalized spacial score (nSPS) is 19.7. The fraction of sp³-hybridized carbons (Fsp3) is 0.286. The van der Waals surface area contributed by atoms with Crippen molar-refractivity contribution in [3.63, 3.8) is 0 Å². The first-order valence-corrected chi connectivity index (χ1v) is 6.24. The molecule has 0 aromatic rings. The van der Waals surface area contributed by atoms with Gasteiger partial charge in [0.15, 0.2) is 0 Å². The van der Waals surface area contributed by atoms with Crippen molar-refractivity contribution in [3.8, 4) is 0 Å². The zero-order valence-corrected chi connectivity index (χ0v) is 11.7. The number of nitrogens with two attached hydrogens (primary N) is 2. The summed E-state index contributed by atoms with van der Waals surface area (Å²) in [6.07, 6.45) is 10.8. The van der Waals surface area contributed by atoms with Gasteiger partial charge in [0.2, 0.25) is 0 Å². The molecule has 1 aliphatic rings. The molecular weight excluding hydrogens is 256 g/mol. The van der Waals surface area contributed by atoms with Crippen molar-refractivity contribution in [3.05, 3.63) is 48.0 Å². The lowest BCUT2D eigenvalue weighted by Crippen LogP contribution is -2.19. The van der Waals surface area contributed by atoms with E-state index in [0.29, 0.717) is 36.2 Å². The number of hydrogen-bond donors (Lipinski definition) is 2. The Labute approximate surface area is 118 Å². The summed E-state index contributed by atoms with van der Waals surface area (Å²) in [5.41, 5.74) is 0.967. The van der Waals surface area contributed by atoms with Crippen LogP contribution < -0.4 is 11.7 Å². The van der Waals surface area contributed by atoms with Crippen LogP contribution in [0.25, 0.3) is 0 Å². The number of ether oxygens (including phenoxy) is 2. The summed E-state index contributed by atoms with van der Waals surface area (Å²) < 4.78 is 11.1. The van der Waals surface area contributed by atoms with Crippen LogP contribution in [0.2, 0.25) is 0 Å². The van der Waals surface area contributed by atoms with Crippen molar-refractivity contribution >= 4 is 11.4 Å². The van der Waals surface area contributed by atoms with Gasteiger partial charge in [-0.25, -0.2) is 0 Å². The van der Waals surface area contributed by atoms with Gasteiger partial charge in [-0.2, -0.15) is 10.2 Å². The molecule has 1 rings (SSSR count). The zero-order valence-electron chi connectivity index (χ0n) is 11.7. The van der Waals surface area contributed by atoms with Gasteiger partial charge in [0.1, 0.15) is 36.2 Å². The van der Waals surface area contributed by atoms with Gasteiger partial charge >= 0.3 is 0 Å². The summed E-state index contributed by atoms with van der Waals surface area (Å²) in [5, 5.41) is 7.37. The Kier molecular flexibility index (Phi) is 6.67. The number of rotatable bonds is 6. The Balaban J connectivity index is 2.87. The highest BCUT2D eigenvalue weighted by atomic mass is 16.5. The predicted octanol–water partition coefficient (Wildman–Crippen LogP) is 1.58. The minimum atomic E-state index is 0.418. The fourth-order valence-electron chi connectivity index (χ4n) is 1.44. The zero-order chi connectivity index (χ0) is 14.8. The fourth-order valence-corrected chi connectivity index (χ4v) is 1.44. The van der Waals surface area contributed by atoms with Crippen LogP contribution in [0, 0.1) is 0 Å². The van der Waals surface area contributed by atoms with Crippen molar-refractivity contribution in [2.45, 2.75) is 13.8 Å². The molecular formula is C14H20N4O2. The molecule has 0 amide bonds. The maximum atomic E-state index is 5.55. The number of hydrogen-bond acceptors (Lipinski definition) is 6. The summed E-state index contributed by atoms with van der Waals surface area (Å²) in [7, 11) is 0. The lowest BCUT2D eigenvalue weighted by Gasteiger charge is -2.17. The van der Waals surface area contributed by atoms with Crippen LogP contribution in [0.1, 0.15) is 13.8 Å². The van der Waals surface area contributed by atoms with Gasteiger partial charge in [-0.05, 0) is 13.8 Å². The average molecular weight is 276 g/mol. The Morgan fingerprint density at radius 2 is 1.30 bits per heavy atom. The van der Waals surface area contributed by atoms with Gasteiger partial charge in [0, 0.05) is 12.2 Å². The minimum Gasteiger partial charge on any atom is -0.487 e. The molecule has 0 aliphatic heterocycles. The second kappa shape index (κ2) is 8.58. The van der Waals surface area contributed by atoms with Crippen LogP contribution >= 0.6 is 0 Å². The van der Waals surface area contributed by atoms with E-state index in [1.807, 2.05) is 38.2 Å².